The fourth-order valence-electron chi connectivity index (χ4n) is 7.18. The maximum atomic E-state index is 10.4. The summed E-state index contributed by atoms with van der Waals surface area (Å²) in [7, 11) is 16.8. The summed E-state index contributed by atoms with van der Waals surface area (Å²) in [5.74, 6) is 0.181. The van der Waals surface area contributed by atoms with Crippen molar-refractivity contribution in [3.05, 3.63) is 48.6 Å². The van der Waals surface area contributed by atoms with Crippen LogP contribution in [0.5, 0.6) is 0 Å². The topological polar surface area (TPSA) is 139 Å². The van der Waals surface area contributed by atoms with Crippen molar-refractivity contribution in [3.63, 3.8) is 0 Å². The molecule has 0 heterocycles. The molecule has 0 spiro atoms. The lowest BCUT2D eigenvalue weighted by Crippen LogP contribution is -3.00. The van der Waals surface area contributed by atoms with Crippen molar-refractivity contribution in [2.45, 2.75) is 240 Å². The van der Waals surface area contributed by atoms with Crippen LogP contribution in [-0.4, -0.2) is 102 Å². The Morgan fingerprint density at radius 1 is 0.472 bits per heavy atom. The van der Waals surface area contributed by atoms with Crippen LogP contribution >= 0.6 is 46.4 Å². The summed E-state index contributed by atoms with van der Waals surface area (Å²) in [6.07, 6.45) is 47.2. The standard InChI is InChI=1S/C16H35N.C13H30N.C12H18N.C12H27N.C5H12NO.5BrH.ClH.2H3N/c1-2-3-4-5-6-7-8-9-10-11-12-13-14-15-16-17;1-5-6-7-8-9-10-11-12-13-14(2,3)4;1-4-10-13(2,3)11-12-8-6-5-7-9-12;1-2-3-4-5-6-7-8-9-10-11-12-13;1-5(7)6(2,3)4;;;;;;;;/h2-17H2,1H3;5-13H2,1-4H3;4-9H,1,10-11H2,2-3H3;2-13H2,1H3;1-4H3;6*1H;2*1H3/q;2*+1;;+1;;;;;;;;/p-3. The van der Waals surface area contributed by atoms with E-state index in [1.54, 1.807) is 6.92 Å². The summed E-state index contributed by atoms with van der Waals surface area (Å²) in [5.41, 5.74) is 12.3. The van der Waals surface area contributed by atoms with Crippen LogP contribution in [0.15, 0.2) is 43.0 Å². The molecule has 0 unspecified atom stereocenters. The molecule has 14 heteroatoms. The second-order valence-corrected chi connectivity index (χ2v) is 21.4. The molecule has 0 radical (unpaired) electrons. The highest BCUT2D eigenvalue weighted by Gasteiger charge is 2.13. The van der Waals surface area contributed by atoms with E-state index in [4.69, 9.17) is 11.5 Å². The van der Waals surface area contributed by atoms with Crippen LogP contribution in [-0.2, 0) is 11.3 Å². The van der Waals surface area contributed by atoms with Gasteiger partial charge in [0, 0.05) is 5.56 Å². The highest BCUT2D eigenvalue weighted by atomic mass is 79.9. The molecular formula is C58H131Br5ClN7O. The molecule has 8 nitrogen and oxygen atoms in total. The monoisotopic (exact) mass is 1370 g/mol. The smallest absolute Gasteiger partial charge is 0.309 e. The van der Waals surface area contributed by atoms with Gasteiger partial charge in [-0.15, -0.1) is 46.4 Å². The zero-order valence-electron chi connectivity index (χ0n) is 50.0. The molecule has 1 aromatic rings. The molecule has 0 aliphatic rings. The van der Waals surface area contributed by atoms with E-state index in [2.05, 4.69) is 92.9 Å². The van der Waals surface area contributed by atoms with Crippen molar-refractivity contribution in [2.75, 3.05) is 82.6 Å². The maximum Gasteiger partial charge on any atom is 0.309 e. The van der Waals surface area contributed by atoms with Gasteiger partial charge in [0.1, 0.15) is 6.54 Å². The third kappa shape index (κ3) is 100.0. The SMILES string of the molecule is Br.Br.C=CC[N+](C)(C)Cc1ccccc1.CC(=O)[N+](C)(C)C.CCCCCCCCCCCCCCCCN.CCCCCCCCCCCCN.CCCCCCCCCC[N+](C)(C)C.Cl.N.N.[Br-].[Br-].[Br-]. The quantitative estimate of drug-likeness (QED) is 0.0300. The Morgan fingerprint density at radius 3 is 0.917 bits per heavy atom. The van der Waals surface area contributed by atoms with Gasteiger partial charge in [-0.2, -0.15) is 0 Å². The van der Waals surface area contributed by atoms with E-state index in [1.807, 2.05) is 27.2 Å². The summed E-state index contributed by atoms with van der Waals surface area (Å²) in [6, 6.07) is 10.6. The van der Waals surface area contributed by atoms with Crippen LogP contribution in [0.25, 0.3) is 0 Å². The van der Waals surface area contributed by atoms with Gasteiger partial charge in [-0.3, -0.25) is 4.48 Å². The van der Waals surface area contributed by atoms with E-state index in [9.17, 15) is 4.79 Å². The Morgan fingerprint density at radius 2 is 0.708 bits per heavy atom. The average Bonchev–Trinajstić information content (AvgIpc) is 3.23. The number of carbonyl (C=O) groups excluding carboxylic acids is 1. The predicted molar refractivity (Wildman–Crippen MR) is 330 cm³/mol. The highest BCUT2D eigenvalue weighted by Crippen LogP contribution is 2.14. The molecule has 0 saturated carbocycles. The summed E-state index contributed by atoms with van der Waals surface area (Å²) in [4.78, 5) is 10.4. The van der Waals surface area contributed by atoms with Crippen molar-refractivity contribution in [1.82, 2.24) is 12.3 Å². The molecule has 1 aromatic carbocycles. The largest absolute Gasteiger partial charge is 1.00 e. The van der Waals surface area contributed by atoms with Crippen LogP contribution in [0.4, 0.5) is 0 Å². The van der Waals surface area contributed by atoms with Gasteiger partial charge >= 0.3 is 5.91 Å². The maximum absolute atomic E-state index is 10.4. The molecule has 72 heavy (non-hydrogen) atoms. The number of carbonyl (C=O) groups is 1. The van der Waals surface area contributed by atoms with E-state index in [-0.39, 0.29) is 116 Å². The van der Waals surface area contributed by atoms with Crippen LogP contribution in [0.1, 0.15) is 239 Å². The molecule has 446 valence electrons. The summed E-state index contributed by atoms with van der Waals surface area (Å²) >= 11 is 0. The van der Waals surface area contributed by atoms with Gasteiger partial charge in [0.25, 0.3) is 0 Å². The predicted octanol–water partition coefficient (Wildman–Crippen LogP) is 8.73. The van der Waals surface area contributed by atoms with Crippen molar-refractivity contribution in [2.24, 2.45) is 11.5 Å². The number of quaternary nitrogens is 3. The number of rotatable bonds is 37. The molecular weight excluding hydrogens is 1250 g/mol. The zero-order valence-corrected chi connectivity index (χ0v) is 59.0. The summed E-state index contributed by atoms with van der Waals surface area (Å²) < 4.78 is 2.50. The molecule has 0 fully saturated rings. The lowest BCUT2D eigenvalue weighted by atomic mass is 10.0. The molecule has 0 saturated heterocycles. The molecule has 0 aromatic heterocycles. The second-order valence-electron chi connectivity index (χ2n) is 21.4. The Hall–Kier alpha value is 1.04. The van der Waals surface area contributed by atoms with E-state index in [1.165, 1.54) is 218 Å². The van der Waals surface area contributed by atoms with Gasteiger partial charge in [-0.1, -0.05) is 237 Å². The van der Waals surface area contributed by atoms with Crippen molar-refractivity contribution in [1.29, 1.82) is 0 Å². The summed E-state index contributed by atoms with van der Waals surface area (Å²) in [5, 5.41) is 0. The molecule has 1 rings (SSSR count). The third-order valence-electron chi connectivity index (χ3n) is 11.8. The van der Waals surface area contributed by atoms with Crippen molar-refractivity contribution < 1.29 is 69.2 Å². The van der Waals surface area contributed by atoms with E-state index in [0.29, 0.717) is 4.48 Å². The third-order valence-corrected chi connectivity index (χ3v) is 11.8. The fraction of sp³-hybridized carbons (Fsp3) is 0.845. The van der Waals surface area contributed by atoms with Crippen LogP contribution in [0.3, 0.4) is 0 Å². The number of hydrogen-bond donors (Lipinski definition) is 4. The van der Waals surface area contributed by atoms with E-state index < -0.39 is 0 Å². The van der Waals surface area contributed by atoms with Gasteiger partial charge in [0.05, 0.1) is 76.4 Å². The normalized spacial score (nSPS) is 9.97. The molecule has 0 aliphatic carbocycles. The van der Waals surface area contributed by atoms with E-state index >= 15 is 0 Å². The van der Waals surface area contributed by atoms with Crippen LogP contribution in [0, 0.1) is 0 Å². The van der Waals surface area contributed by atoms with Gasteiger partial charge in [0.2, 0.25) is 0 Å². The number of nitrogens with two attached hydrogens (primary N) is 2. The highest BCUT2D eigenvalue weighted by molar-refractivity contribution is 8.93. The van der Waals surface area contributed by atoms with Crippen molar-refractivity contribution in [3.8, 4) is 0 Å². The van der Waals surface area contributed by atoms with Crippen LogP contribution < -0.4 is 74.7 Å². The number of hydrogen-bond acceptors (Lipinski definition) is 5. The van der Waals surface area contributed by atoms with Gasteiger partial charge < -0.3 is 83.7 Å². The van der Waals surface area contributed by atoms with Crippen molar-refractivity contribution >= 4 is 52.3 Å². The number of benzene rings is 1. The molecule has 1 amide bonds. The molecule has 10 N–H and O–H groups in total. The number of amides is 1. The van der Waals surface area contributed by atoms with Gasteiger partial charge in [0.15, 0.2) is 0 Å². The van der Waals surface area contributed by atoms with Crippen LogP contribution in [0.2, 0.25) is 0 Å². The zero-order chi connectivity index (χ0) is 49.1. The first-order valence-corrected chi connectivity index (χ1v) is 27.5. The van der Waals surface area contributed by atoms with Gasteiger partial charge in [-0.05, 0) is 44.8 Å². The Balaban J connectivity index is -0.0000000619. The average molecular weight is 1380 g/mol. The molecule has 0 atom stereocenters. The minimum atomic E-state index is 0. The Bertz CT molecular complexity index is 1050. The van der Waals surface area contributed by atoms with E-state index in [0.717, 1.165) is 35.1 Å². The number of unbranched alkanes of at least 4 members (excludes halogenated alkanes) is 29. The first kappa shape index (κ1) is 102. The minimum Gasteiger partial charge on any atom is -1.00 e. The number of likely N-dealkylation sites (N-methyl/N-ethyl adjacent to an activating group) is 1. The summed E-state index contributed by atoms with van der Waals surface area (Å²) in [6.45, 7) is 17.3. The Kier molecular flexibility index (Phi) is 111. The van der Waals surface area contributed by atoms with Gasteiger partial charge in [-0.25, -0.2) is 4.79 Å². The molecule has 0 bridgehead atoms. The number of nitrogens with zero attached hydrogens (tertiary/aromatic N) is 3. The lowest BCUT2D eigenvalue weighted by Gasteiger charge is -2.28. The lowest BCUT2D eigenvalue weighted by molar-refractivity contribution is -0.897. The fourth-order valence-corrected chi connectivity index (χ4v) is 7.18. The molecule has 0 aliphatic heterocycles. The minimum absolute atomic E-state index is 0. The first-order valence-electron chi connectivity index (χ1n) is 27.5. The number of halogens is 6. The first-order chi connectivity index (χ1) is 30.5. The Labute approximate surface area is 511 Å². The second kappa shape index (κ2) is 78.5.